The second-order valence-corrected chi connectivity index (χ2v) is 3.80. The van der Waals surface area contributed by atoms with Gasteiger partial charge in [-0.05, 0) is 49.9 Å². The number of aliphatic imine (C=N–C) groups is 1. The largest absolute Gasteiger partial charge is 0.319 e. The highest BCUT2D eigenvalue weighted by atomic mass is 35.5. The van der Waals surface area contributed by atoms with E-state index in [-0.39, 0.29) is 0 Å². The van der Waals surface area contributed by atoms with Gasteiger partial charge in [-0.15, -0.1) is 0 Å². The smallest absolute Gasteiger partial charge is 0.0926 e. The van der Waals surface area contributed by atoms with Gasteiger partial charge < -0.3 is 5.32 Å². The quantitative estimate of drug-likeness (QED) is 0.491. The van der Waals surface area contributed by atoms with Crippen LogP contribution in [0, 0.1) is 0 Å². The molecule has 0 aliphatic heterocycles. The van der Waals surface area contributed by atoms with Crippen LogP contribution in [0.2, 0.25) is 5.02 Å². The first-order chi connectivity index (χ1) is 7.77. The zero-order valence-electron chi connectivity index (χ0n) is 9.03. The maximum atomic E-state index is 6.02. The standard InChI is InChI=1S/C12H13ClN2S/c1-14-7-3-2-4-10-5-6-12(15-9-16)11(13)8-10/h2,4-6,8,14H,3,7H2,1H3. The van der Waals surface area contributed by atoms with Crippen molar-refractivity contribution in [3.8, 4) is 0 Å². The minimum absolute atomic E-state index is 0.591. The lowest BCUT2D eigenvalue weighted by molar-refractivity contribution is 0.809. The Bertz CT molecular complexity index is 423. The van der Waals surface area contributed by atoms with Crippen molar-refractivity contribution in [2.45, 2.75) is 6.42 Å². The molecule has 0 saturated heterocycles. The third-order valence-electron chi connectivity index (χ3n) is 2.01. The first kappa shape index (κ1) is 13.1. The summed E-state index contributed by atoms with van der Waals surface area (Å²) in [4.78, 5) is 3.86. The monoisotopic (exact) mass is 252 g/mol. The van der Waals surface area contributed by atoms with Crippen molar-refractivity contribution in [1.29, 1.82) is 0 Å². The fraction of sp³-hybridized carbons (Fsp3) is 0.250. The summed E-state index contributed by atoms with van der Waals surface area (Å²) in [6.45, 7) is 0.970. The molecule has 1 aromatic carbocycles. The Morgan fingerprint density at radius 1 is 1.56 bits per heavy atom. The highest BCUT2D eigenvalue weighted by molar-refractivity contribution is 7.78. The van der Waals surface area contributed by atoms with E-state index >= 15 is 0 Å². The number of hydrogen-bond acceptors (Lipinski definition) is 3. The summed E-state index contributed by atoms with van der Waals surface area (Å²) in [6, 6.07) is 5.65. The van der Waals surface area contributed by atoms with E-state index in [9.17, 15) is 0 Å². The van der Waals surface area contributed by atoms with Crippen LogP contribution in [0.1, 0.15) is 12.0 Å². The number of nitrogens with zero attached hydrogens (tertiary/aromatic N) is 1. The van der Waals surface area contributed by atoms with Crippen molar-refractivity contribution in [3.63, 3.8) is 0 Å². The molecule has 0 spiro atoms. The molecular weight excluding hydrogens is 240 g/mol. The summed E-state index contributed by atoms with van der Waals surface area (Å²) < 4.78 is 0. The molecular formula is C12H13ClN2S. The summed E-state index contributed by atoms with van der Waals surface area (Å²) in [6.07, 6.45) is 5.13. The van der Waals surface area contributed by atoms with E-state index in [4.69, 9.17) is 11.6 Å². The molecule has 0 atom stereocenters. The van der Waals surface area contributed by atoms with Gasteiger partial charge in [0.1, 0.15) is 0 Å². The molecule has 84 valence electrons. The Balaban J connectivity index is 2.73. The Morgan fingerprint density at radius 3 is 3.00 bits per heavy atom. The molecule has 0 unspecified atom stereocenters. The topological polar surface area (TPSA) is 24.4 Å². The first-order valence-corrected chi connectivity index (χ1v) is 5.75. The molecule has 4 heteroatoms. The molecule has 0 aromatic heterocycles. The lowest BCUT2D eigenvalue weighted by Gasteiger charge is -1.98. The van der Waals surface area contributed by atoms with Gasteiger partial charge in [0.25, 0.3) is 0 Å². The van der Waals surface area contributed by atoms with Crippen molar-refractivity contribution in [1.82, 2.24) is 5.32 Å². The van der Waals surface area contributed by atoms with Gasteiger partial charge in [0.05, 0.1) is 15.9 Å². The van der Waals surface area contributed by atoms with E-state index in [0.29, 0.717) is 10.7 Å². The summed E-state index contributed by atoms with van der Waals surface area (Å²) >= 11 is 10.6. The van der Waals surface area contributed by atoms with E-state index in [1.165, 1.54) is 0 Å². The van der Waals surface area contributed by atoms with Crippen LogP contribution < -0.4 is 5.32 Å². The number of thiocarbonyl (C=S) groups is 1. The number of halogens is 1. The van der Waals surface area contributed by atoms with Crippen molar-refractivity contribution in [2.24, 2.45) is 4.99 Å². The molecule has 1 N–H and O–H groups in total. The van der Waals surface area contributed by atoms with Crippen LogP contribution in [-0.4, -0.2) is 18.8 Å². The van der Waals surface area contributed by atoms with Gasteiger partial charge in [0, 0.05) is 0 Å². The number of benzene rings is 1. The van der Waals surface area contributed by atoms with Crippen LogP contribution in [0.3, 0.4) is 0 Å². The van der Waals surface area contributed by atoms with E-state index in [0.717, 1.165) is 18.5 Å². The zero-order chi connectivity index (χ0) is 11.8. The molecule has 0 fully saturated rings. The van der Waals surface area contributed by atoms with Gasteiger partial charge in [0.2, 0.25) is 0 Å². The molecule has 0 bridgehead atoms. The van der Waals surface area contributed by atoms with Gasteiger partial charge >= 0.3 is 0 Å². The highest BCUT2D eigenvalue weighted by Gasteiger charge is 1.97. The second-order valence-electron chi connectivity index (χ2n) is 3.21. The van der Waals surface area contributed by atoms with Gasteiger partial charge in [-0.25, -0.2) is 0 Å². The van der Waals surface area contributed by atoms with E-state index in [2.05, 4.69) is 33.8 Å². The normalized spacial score (nSPS) is 10.4. The number of hydrogen-bond donors (Lipinski definition) is 1. The van der Waals surface area contributed by atoms with Gasteiger partial charge in [-0.2, -0.15) is 4.99 Å². The Kier molecular flexibility index (Phi) is 5.98. The predicted molar refractivity (Wildman–Crippen MR) is 73.7 cm³/mol. The Labute approximate surface area is 106 Å². The van der Waals surface area contributed by atoms with Crippen LogP contribution in [0.25, 0.3) is 6.08 Å². The van der Waals surface area contributed by atoms with E-state index < -0.39 is 0 Å². The SMILES string of the molecule is CNCCC=Cc1ccc(N=C=S)c(Cl)c1. The molecule has 1 aromatic rings. The maximum Gasteiger partial charge on any atom is 0.0926 e. The molecule has 16 heavy (non-hydrogen) atoms. The number of rotatable bonds is 5. The van der Waals surface area contributed by atoms with Crippen LogP contribution in [0.4, 0.5) is 5.69 Å². The van der Waals surface area contributed by atoms with Gasteiger partial charge in [0.15, 0.2) is 0 Å². The summed E-state index contributed by atoms with van der Waals surface area (Å²) in [7, 11) is 1.93. The van der Waals surface area contributed by atoms with Crippen molar-refractivity contribution in [2.75, 3.05) is 13.6 Å². The lowest BCUT2D eigenvalue weighted by atomic mass is 10.2. The second kappa shape index (κ2) is 7.31. The average Bonchev–Trinajstić information content (AvgIpc) is 2.28. The molecule has 0 aliphatic rings. The summed E-state index contributed by atoms with van der Waals surface area (Å²) in [5, 5.41) is 5.97. The number of nitrogens with one attached hydrogen (secondary N) is 1. The van der Waals surface area contributed by atoms with Crippen molar-refractivity contribution >= 4 is 40.7 Å². The predicted octanol–water partition coefficient (Wildman–Crippen LogP) is 3.70. The highest BCUT2D eigenvalue weighted by Crippen LogP contribution is 2.25. The molecule has 0 amide bonds. The Hall–Kier alpha value is -0.990. The average molecular weight is 253 g/mol. The molecule has 0 heterocycles. The zero-order valence-corrected chi connectivity index (χ0v) is 10.6. The summed E-state index contributed by atoms with van der Waals surface area (Å²) in [5.74, 6) is 0. The fourth-order valence-corrected chi connectivity index (χ4v) is 1.54. The molecule has 1 rings (SSSR count). The summed E-state index contributed by atoms with van der Waals surface area (Å²) in [5.41, 5.74) is 1.72. The van der Waals surface area contributed by atoms with Crippen LogP contribution in [0.5, 0.6) is 0 Å². The minimum atomic E-state index is 0.591. The first-order valence-electron chi connectivity index (χ1n) is 4.96. The maximum absolute atomic E-state index is 6.02. The van der Waals surface area contributed by atoms with Crippen LogP contribution in [-0.2, 0) is 0 Å². The van der Waals surface area contributed by atoms with Crippen LogP contribution in [0.15, 0.2) is 29.3 Å². The fourth-order valence-electron chi connectivity index (χ4n) is 1.21. The van der Waals surface area contributed by atoms with Gasteiger partial charge in [-0.3, -0.25) is 0 Å². The van der Waals surface area contributed by atoms with Crippen LogP contribution >= 0.6 is 23.8 Å². The van der Waals surface area contributed by atoms with E-state index in [1.54, 1.807) is 0 Å². The molecule has 2 nitrogen and oxygen atoms in total. The minimum Gasteiger partial charge on any atom is -0.319 e. The third-order valence-corrected chi connectivity index (χ3v) is 2.40. The molecule has 0 aliphatic carbocycles. The molecule has 0 saturated carbocycles. The van der Waals surface area contributed by atoms with Gasteiger partial charge in [-0.1, -0.05) is 29.8 Å². The van der Waals surface area contributed by atoms with Crippen molar-refractivity contribution in [3.05, 3.63) is 34.9 Å². The number of isothiocyanates is 1. The van der Waals surface area contributed by atoms with Crippen molar-refractivity contribution < 1.29 is 0 Å². The van der Waals surface area contributed by atoms with E-state index in [1.807, 2.05) is 31.3 Å². The third kappa shape index (κ3) is 4.25. The lowest BCUT2D eigenvalue weighted by Crippen LogP contribution is -2.05. The molecule has 0 radical (unpaired) electrons. The Morgan fingerprint density at radius 2 is 2.38 bits per heavy atom.